The molecular weight excluding hydrogens is 269 g/mol. The van der Waals surface area contributed by atoms with Gasteiger partial charge in [0.05, 0.1) is 11.2 Å². The van der Waals surface area contributed by atoms with Gasteiger partial charge in [-0.15, -0.1) is 0 Å². The maximum absolute atomic E-state index is 14.2. The summed E-state index contributed by atoms with van der Waals surface area (Å²) in [7, 11) is 0. The Labute approximate surface area is 124 Å². The maximum atomic E-state index is 14.2. The Kier molecular flexibility index (Phi) is 3.85. The topological polar surface area (TPSA) is 58.4 Å². The first-order valence-electron chi connectivity index (χ1n) is 7.73. The van der Waals surface area contributed by atoms with Crippen molar-refractivity contribution in [2.24, 2.45) is 5.73 Å². The standard InChI is InChI=1S/C16H22FN3O/c17-13-11-12(5-6-14(13)20-9-3-4-10-20)19-15(21)16(18)7-1-2-8-16/h5-6,11H,1-4,7-10,18H2,(H,19,21). The quantitative estimate of drug-likeness (QED) is 0.900. The van der Waals surface area contributed by atoms with Crippen LogP contribution in [0.5, 0.6) is 0 Å². The molecule has 1 aliphatic heterocycles. The summed E-state index contributed by atoms with van der Waals surface area (Å²) in [5, 5.41) is 2.76. The van der Waals surface area contributed by atoms with Crippen LogP contribution in [0.3, 0.4) is 0 Å². The highest BCUT2D eigenvalue weighted by Crippen LogP contribution is 2.30. The van der Waals surface area contributed by atoms with E-state index in [0.29, 0.717) is 24.2 Å². The fraction of sp³-hybridized carbons (Fsp3) is 0.562. The summed E-state index contributed by atoms with van der Waals surface area (Å²) >= 11 is 0. The first kappa shape index (κ1) is 14.3. The summed E-state index contributed by atoms with van der Waals surface area (Å²) < 4.78 is 14.2. The Morgan fingerprint density at radius 3 is 2.48 bits per heavy atom. The summed E-state index contributed by atoms with van der Waals surface area (Å²) in [5.74, 6) is -0.486. The van der Waals surface area contributed by atoms with Gasteiger partial charge in [0.2, 0.25) is 5.91 Å². The van der Waals surface area contributed by atoms with Gasteiger partial charge in [0.15, 0.2) is 0 Å². The van der Waals surface area contributed by atoms with Crippen LogP contribution in [0.2, 0.25) is 0 Å². The van der Waals surface area contributed by atoms with Gasteiger partial charge in [0.25, 0.3) is 0 Å². The van der Waals surface area contributed by atoms with Crippen LogP contribution in [0.1, 0.15) is 38.5 Å². The second-order valence-corrected chi connectivity index (χ2v) is 6.18. The molecule has 21 heavy (non-hydrogen) atoms. The molecule has 2 fully saturated rings. The number of rotatable bonds is 3. The van der Waals surface area contributed by atoms with Crippen molar-refractivity contribution in [1.82, 2.24) is 0 Å². The van der Waals surface area contributed by atoms with E-state index in [1.165, 1.54) is 6.07 Å². The lowest BCUT2D eigenvalue weighted by Gasteiger charge is -2.23. The molecule has 2 aliphatic rings. The van der Waals surface area contributed by atoms with Crippen LogP contribution >= 0.6 is 0 Å². The third-order valence-electron chi connectivity index (χ3n) is 4.60. The highest BCUT2D eigenvalue weighted by Gasteiger charge is 2.37. The van der Waals surface area contributed by atoms with E-state index in [1.54, 1.807) is 12.1 Å². The molecule has 1 amide bonds. The van der Waals surface area contributed by atoms with Crippen LogP contribution in [0.4, 0.5) is 15.8 Å². The summed E-state index contributed by atoms with van der Waals surface area (Å²) in [6, 6.07) is 4.89. The number of nitrogens with two attached hydrogens (primary N) is 1. The van der Waals surface area contributed by atoms with Gasteiger partial charge in [0, 0.05) is 18.8 Å². The number of amides is 1. The van der Waals surface area contributed by atoms with Crippen LogP contribution < -0.4 is 16.0 Å². The molecule has 0 bridgehead atoms. The fourth-order valence-corrected chi connectivity index (χ4v) is 3.29. The number of hydrogen-bond donors (Lipinski definition) is 2. The highest BCUT2D eigenvalue weighted by atomic mass is 19.1. The van der Waals surface area contributed by atoms with Crippen LogP contribution in [0, 0.1) is 5.82 Å². The van der Waals surface area contributed by atoms with E-state index in [1.807, 2.05) is 4.90 Å². The lowest BCUT2D eigenvalue weighted by Crippen LogP contribution is -2.48. The first-order chi connectivity index (χ1) is 10.1. The number of carbonyl (C=O) groups excluding carboxylic acids is 1. The Hall–Kier alpha value is -1.62. The Morgan fingerprint density at radius 1 is 1.19 bits per heavy atom. The van der Waals surface area contributed by atoms with Crippen molar-refractivity contribution < 1.29 is 9.18 Å². The van der Waals surface area contributed by atoms with E-state index in [9.17, 15) is 9.18 Å². The second-order valence-electron chi connectivity index (χ2n) is 6.18. The summed E-state index contributed by atoms with van der Waals surface area (Å²) in [6.07, 6.45) is 5.57. The van der Waals surface area contributed by atoms with Gasteiger partial charge in [-0.05, 0) is 43.9 Å². The van der Waals surface area contributed by atoms with Gasteiger partial charge in [-0.3, -0.25) is 4.79 Å². The number of benzene rings is 1. The van der Waals surface area contributed by atoms with Crippen LogP contribution in [0.15, 0.2) is 18.2 Å². The van der Waals surface area contributed by atoms with Crippen LogP contribution in [-0.4, -0.2) is 24.5 Å². The molecule has 0 radical (unpaired) electrons. The lowest BCUT2D eigenvalue weighted by molar-refractivity contribution is -0.121. The van der Waals surface area contributed by atoms with Gasteiger partial charge in [-0.1, -0.05) is 12.8 Å². The average molecular weight is 291 g/mol. The smallest absolute Gasteiger partial charge is 0.244 e. The predicted octanol–water partition coefficient (Wildman–Crippen LogP) is 2.64. The lowest BCUT2D eigenvalue weighted by atomic mass is 9.98. The second kappa shape index (κ2) is 5.64. The molecule has 1 heterocycles. The third kappa shape index (κ3) is 2.88. The van der Waals surface area contributed by atoms with Gasteiger partial charge < -0.3 is 16.0 Å². The van der Waals surface area contributed by atoms with E-state index >= 15 is 0 Å². The average Bonchev–Trinajstić information content (AvgIpc) is 3.11. The molecule has 1 aliphatic carbocycles. The molecule has 3 rings (SSSR count). The monoisotopic (exact) mass is 291 g/mol. The third-order valence-corrected chi connectivity index (χ3v) is 4.60. The molecule has 0 aromatic heterocycles. The molecule has 0 atom stereocenters. The van der Waals surface area contributed by atoms with Crippen LogP contribution in [0.25, 0.3) is 0 Å². The van der Waals surface area contributed by atoms with Gasteiger partial charge >= 0.3 is 0 Å². The summed E-state index contributed by atoms with van der Waals surface area (Å²) in [4.78, 5) is 14.3. The first-order valence-corrected chi connectivity index (χ1v) is 7.73. The molecule has 4 nitrogen and oxygen atoms in total. The summed E-state index contributed by atoms with van der Waals surface area (Å²) in [6.45, 7) is 1.79. The number of nitrogens with one attached hydrogen (secondary N) is 1. The Morgan fingerprint density at radius 2 is 1.86 bits per heavy atom. The zero-order valence-corrected chi connectivity index (χ0v) is 12.2. The summed E-state index contributed by atoms with van der Waals surface area (Å²) in [5.41, 5.74) is 6.42. The molecule has 114 valence electrons. The van der Waals surface area contributed by atoms with E-state index in [-0.39, 0.29) is 11.7 Å². The molecule has 5 heteroatoms. The van der Waals surface area contributed by atoms with Crippen molar-refractivity contribution in [3.05, 3.63) is 24.0 Å². The zero-order valence-electron chi connectivity index (χ0n) is 12.2. The number of nitrogens with zero attached hydrogens (tertiary/aromatic N) is 1. The van der Waals surface area contributed by atoms with Gasteiger partial charge in [-0.25, -0.2) is 4.39 Å². The molecule has 1 aromatic rings. The number of anilines is 2. The largest absolute Gasteiger partial charge is 0.369 e. The fourth-order valence-electron chi connectivity index (χ4n) is 3.29. The van der Waals surface area contributed by atoms with Crippen LogP contribution in [-0.2, 0) is 4.79 Å². The molecule has 3 N–H and O–H groups in total. The predicted molar refractivity (Wildman–Crippen MR) is 81.9 cm³/mol. The van der Waals surface area contributed by atoms with Crippen molar-refractivity contribution in [2.45, 2.75) is 44.1 Å². The van der Waals surface area contributed by atoms with E-state index in [0.717, 1.165) is 38.8 Å². The van der Waals surface area contributed by atoms with Crippen molar-refractivity contribution >= 4 is 17.3 Å². The molecule has 1 aromatic carbocycles. The minimum Gasteiger partial charge on any atom is -0.369 e. The molecular formula is C16H22FN3O. The molecule has 0 unspecified atom stereocenters. The molecule has 1 saturated carbocycles. The molecule has 0 spiro atoms. The Balaban J connectivity index is 1.71. The number of halogens is 1. The Bertz CT molecular complexity index is 534. The maximum Gasteiger partial charge on any atom is 0.244 e. The zero-order chi connectivity index (χ0) is 14.9. The SMILES string of the molecule is NC1(C(=O)Nc2ccc(N3CCCC3)c(F)c2)CCCC1. The normalized spacial score (nSPS) is 20.8. The van der Waals surface area contributed by atoms with Gasteiger partial charge in [0.1, 0.15) is 5.82 Å². The van der Waals surface area contributed by atoms with Crippen molar-refractivity contribution in [2.75, 3.05) is 23.3 Å². The molecule has 1 saturated heterocycles. The van der Waals surface area contributed by atoms with Crippen molar-refractivity contribution in [1.29, 1.82) is 0 Å². The van der Waals surface area contributed by atoms with Gasteiger partial charge in [-0.2, -0.15) is 0 Å². The highest BCUT2D eigenvalue weighted by molar-refractivity contribution is 5.98. The minimum absolute atomic E-state index is 0.201. The van der Waals surface area contributed by atoms with Crippen molar-refractivity contribution in [3.63, 3.8) is 0 Å². The number of hydrogen-bond acceptors (Lipinski definition) is 3. The van der Waals surface area contributed by atoms with E-state index in [2.05, 4.69) is 5.32 Å². The van der Waals surface area contributed by atoms with E-state index in [4.69, 9.17) is 5.73 Å². The minimum atomic E-state index is -0.788. The number of carbonyl (C=O) groups is 1. The van der Waals surface area contributed by atoms with Crippen molar-refractivity contribution in [3.8, 4) is 0 Å². The van der Waals surface area contributed by atoms with E-state index < -0.39 is 5.54 Å².